The highest BCUT2D eigenvalue weighted by Crippen LogP contribution is 2.34. The summed E-state index contributed by atoms with van der Waals surface area (Å²) in [5, 5.41) is 0. The minimum Gasteiger partial charge on any atom is -0.454 e. The zero-order valence-electron chi connectivity index (χ0n) is 11.7. The van der Waals surface area contributed by atoms with Gasteiger partial charge in [0.05, 0.1) is 13.2 Å². The Labute approximate surface area is 124 Å². The van der Waals surface area contributed by atoms with E-state index in [-0.39, 0.29) is 12.8 Å². The molecule has 2 aliphatic rings. The van der Waals surface area contributed by atoms with Crippen molar-refractivity contribution < 1.29 is 22.6 Å². The molecule has 21 heavy (non-hydrogen) atoms. The summed E-state index contributed by atoms with van der Waals surface area (Å²) in [6.07, 6.45) is 0. The second-order valence-corrected chi connectivity index (χ2v) is 6.67. The topological polar surface area (TPSA) is 77.1 Å². The van der Waals surface area contributed by atoms with E-state index in [9.17, 15) is 8.42 Å². The van der Waals surface area contributed by atoms with Gasteiger partial charge in [-0.2, -0.15) is 17.4 Å². The Kier molecular flexibility index (Phi) is 4.03. The van der Waals surface area contributed by atoms with Crippen LogP contribution in [-0.4, -0.2) is 45.8 Å². The lowest BCUT2D eigenvalue weighted by atomic mass is 10.1. The largest absolute Gasteiger partial charge is 0.454 e. The van der Waals surface area contributed by atoms with Crippen molar-refractivity contribution in [1.82, 2.24) is 9.03 Å². The van der Waals surface area contributed by atoms with Gasteiger partial charge < -0.3 is 14.2 Å². The van der Waals surface area contributed by atoms with Gasteiger partial charge in [0.2, 0.25) is 6.79 Å². The van der Waals surface area contributed by atoms with E-state index >= 15 is 0 Å². The Morgan fingerprint density at radius 2 is 1.90 bits per heavy atom. The summed E-state index contributed by atoms with van der Waals surface area (Å²) in [6, 6.07) is 5.07. The second-order valence-electron chi connectivity index (χ2n) is 4.97. The standard InChI is InChI=1S/C13H18N2O5S/c1-10(11-2-3-12-13(8-11)20-9-19-12)14-21(16,17)15-4-6-18-7-5-15/h2-3,8,10,14H,4-7,9H2,1H3. The maximum Gasteiger partial charge on any atom is 0.280 e. The van der Waals surface area contributed by atoms with Crippen molar-refractivity contribution >= 4 is 10.2 Å². The van der Waals surface area contributed by atoms with Crippen molar-refractivity contribution in [2.24, 2.45) is 0 Å². The molecule has 1 aromatic carbocycles. The molecule has 1 saturated heterocycles. The minimum atomic E-state index is -3.51. The number of ether oxygens (including phenoxy) is 3. The van der Waals surface area contributed by atoms with E-state index in [1.54, 1.807) is 19.1 Å². The molecule has 1 N–H and O–H groups in total. The van der Waals surface area contributed by atoms with Gasteiger partial charge in [-0.25, -0.2) is 0 Å². The van der Waals surface area contributed by atoms with E-state index < -0.39 is 10.2 Å². The molecule has 3 rings (SSSR count). The molecular formula is C13H18N2O5S. The molecule has 7 nitrogen and oxygen atoms in total. The van der Waals surface area contributed by atoms with Gasteiger partial charge >= 0.3 is 0 Å². The zero-order valence-corrected chi connectivity index (χ0v) is 12.6. The highest BCUT2D eigenvalue weighted by molar-refractivity contribution is 7.87. The third kappa shape index (κ3) is 3.13. The van der Waals surface area contributed by atoms with Crippen LogP contribution in [0.4, 0.5) is 0 Å². The van der Waals surface area contributed by atoms with Crippen LogP contribution in [0.2, 0.25) is 0 Å². The van der Waals surface area contributed by atoms with Crippen LogP contribution in [-0.2, 0) is 14.9 Å². The van der Waals surface area contributed by atoms with Gasteiger partial charge in [0, 0.05) is 19.1 Å². The van der Waals surface area contributed by atoms with E-state index in [1.807, 2.05) is 6.07 Å². The molecule has 1 atom stereocenters. The fourth-order valence-corrected chi connectivity index (χ4v) is 3.70. The van der Waals surface area contributed by atoms with Crippen LogP contribution in [0.25, 0.3) is 0 Å². The van der Waals surface area contributed by atoms with Crippen molar-refractivity contribution in [2.45, 2.75) is 13.0 Å². The van der Waals surface area contributed by atoms with E-state index in [2.05, 4.69) is 4.72 Å². The van der Waals surface area contributed by atoms with Crippen LogP contribution in [0.5, 0.6) is 11.5 Å². The fourth-order valence-electron chi connectivity index (χ4n) is 2.34. The van der Waals surface area contributed by atoms with E-state index in [0.29, 0.717) is 37.8 Å². The van der Waals surface area contributed by atoms with Crippen molar-refractivity contribution in [1.29, 1.82) is 0 Å². The number of benzene rings is 1. The average molecular weight is 314 g/mol. The molecule has 0 amide bonds. The van der Waals surface area contributed by atoms with E-state index in [4.69, 9.17) is 14.2 Å². The molecule has 0 aliphatic carbocycles. The molecule has 0 radical (unpaired) electrons. The predicted molar refractivity (Wildman–Crippen MR) is 75.4 cm³/mol. The van der Waals surface area contributed by atoms with Crippen LogP contribution in [0.15, 0.2) is 18.2 Å². The van der Waals surface area contributed by atoms with Crippen LogP contribution in [0, 0.1) is 0 Å². The van der Waals surface area contributed by atoms with Gasteiger partial charge in [0.1, 0.15) is 0 Å². The number of fused-ring (bicyclic) bond motifs is 1. The Balaban J connectivity index is 1.71. The lowest BCUT2D eigenvalue weighted by Gasteiger charge is -2.27. The molecule has 2 heterocycles. The summed E-state index contributed by atoms with van der Waals surface area (Å²) < 4.78 is 44.4. The first-order valence-corrected chi connectivity index (χ1v) is 8.25. The highest BCUT2D eigenvalue weighted by atomic mass is 32.2. The maximum atomic E-state index is 12.3. The monoisotopic (exact) mass is 314 g/mol. The minimum absolute atomic E-state index is 0.201. The number of morpholine rings is 1. The van der Waals surface area contributed by atoms with Crippen LogP contribution >= 0.6 is 0 Å². The summed E-state index contributed by atoms with van der Waals surface area (Å²) in [7, 11) is -3.51. The Bertz CT molecular complexity index is 613. The molecule has 0 bridgehead atoms. The maximum absolute atomic E-state index is 12.3. The number of hydrogen-bond donors (Lipinski definition) is 1. The Morgan fingerprint density at radius 3 is 2.67 bits per heavy atom. The summed E-state index contributed by atoms with van der Waals surface area (Å²) in [5.74, 6) is 1.33. The van der Waals surface area contributed by atoms with Crippen molar-refractivity contribution in [3.63, 3.8) is 0 Å². The third-order valence-electron chi connectivity index (χ3n) is 3.53. The summed E-state index contributed by atoms with van der Waals surface area (Å²) in [5.41, 5.74) is 0.830. The highest BCUT2D eigenvalue weighted by Gasteiger charge is 2.26. The normalized spacial score (nSPS) is 20.4. The average Bonchev–Trinajstić information content (AvgIpc) is 2.95. The molecule has 1 unspecified atom stereocenters. The van der Waals surface area contributed by atoms with Crippen LogP contribution in [0.3, 0.4) is 0 Å². The van der Waals surface area contributed by atoms with E-state index in [0.717, 1.165) is 5.56 Å². The first-order chi connectivity index (χ1) is 10.1. The van der Waals surface area contributed by atoms with Crippen molar-refractivity contribution in [2.75, 3.05) is 33.1 Å². The Morgan fingerprint density at radius 1 is 1.19 bits per heavy atom. The summed E-state index contributed by atoms with van der Waals surface area (Å²) >= 11 is 0. The lowest BCUT2D eigenvalue weighted by Crippen LogP contribution is -2.47. The van der Waals surface area contributed by atoms with Crippen molar-refractivity contribution in [3.05, 3.63) is 23.8 Å². The SMILES string of the molecule is CC(NS(=O)(=O)N1CCOCC1)c1ccc2c(c1)OCO2. The summed E-state index contributed by atoms with van der Waals surface area (Å²) in [4.78, 5) is 0. The third-order valence-corrected chi connectivity index (χ3v) is 5.23. The predicted octanol–water partition coefficient (Wildman–Crippen LogP) is 0.643. The van der Waals surface area contributed by atoms with Gasteiger partial charge in [-0.3, -0.25) is 0 Å². The van der Waals surface area contributed by atoms with Gasteiger partial charge in [0.15, 0.2) is 11.5 Å². The number of rotatable bonds is 4. The van der Waals surface area contributed by atoms with Gasteiger partial charge in [-0.05, 0) is 24.6 Å². The number of nitrogens with zero attached hydrogens (tertiary/aromatic N) is 1. The Hall–Kier alpha value is -1.35. The molecule has 0 aromatic heterocycles. The molecular weight excluding hydrogens is 296 g/mol. The van der Waals surface area contributed by atoms with Crippen LogP contribution in [0.1, 0.15) is 18.5 Å². The fraction of sp³-hybridized carbons (Fsp3) is 0.538. The smallest absolute Gasteiger partial charge is 0.280 e. The number of hydrogen-bond acceptors (Lipinski definition) is 5. The molecule has 1 fully saturated rings. The quantitative estimate of drug-likeness (QED) is 0.882. The van der Waals surface area contributed by atoms with Gasteiger partial charge in [-0.15, -0.1) is 0 Å². The first kappa shape index (κ1) is 14.6. The molecule has 2 aliphatic heterocycles. The molecule has 1 aromatic rings. The summed E-state index contributed by atoms with van der Waals surface area (Å²) in [6.45, 7) is 3.62. The van der Waals surface area contributed by atoms with Crippen LogP contribution < -0.4 is 14.2 Å². The molecule has 116 valence electrons. The molecule has 0 spiro atoms. The van der Waals surface area contributed by atoms with Crippen molar-refractivity contribution in [3.8, 4) is 11.5 Å². The first-order valence-electron chi connectivity index (χ1n) is 6.81. The van der Waals surface area contributed by atoms with Gasteiger partial charge in [0.25, 0.3) is 10.2 Å². The lowest BCUT2D eigenvalue weighted by molar-refractivity contribution is 0.0723. The van der Waals surface area contributed by atoms with Gasteiger partial charge in [-0.1, -0.05) is 6.07 Å². The molecule has 8 heteroatoms. The number of nitrogens with one attached hydrogen (secondary N) is 1. The van der Waals surface area contributed by atoms with E-state index in [1.165, 1.54) is 4.31 Å². The zero-order chi connectivity index (χ0) is 14.9. The molecule has 0 saturated carbocycles. The second kappa shape index (κ2) is 5.80.